The monoisotopic (exact) mass is 477 g/mol. The first-order valence-corrected chi connectivity index (χ1v) is 11.3. The summed E-state index contributed by atoms with van der Waals surface area (Å²) >= 11 is 5.83. The normalized spacial score (nSPS) is 22.4. The van der Waals surface area contributed by atoms with Gasteiger partial charge in [0.25, 0.3) is 5.91 Å². The van der Waals surface area contributed by atoms with Crippen molar-refractivity contribution in [1.29, 1.82) is 0 Å². The second kappa shape index (κ2) is 8.20. The average molecular weight is 478 g/mol. The van der Waals surface area contributed by atoms with E-state index in [1.54, 1.807) is 11.9 Å². The molecule has 2 heterocycles. The lowest BCUT2D eigenvalue weighted by atomic mass is 9.60. The fourth-order valence-electron chi connectivity index (χ4n) is 4.77. The number of carbonyl (C=O) groups is 2. The number of nitrogens with two attached hydrogens (primary N) is 1. The minimum Gasteiger partial charge on any atom is -0.444 e. The van der Waals surface area contributed by atoms with Crippen molar-refractivity contribution in [2.45, 2.75) is 51.6 Å². The predicted octanol–water partition coefficient (Wildman–Crippen LogP) is 4.55. The molecule has 1 saturated carbocycles. The molecular formula is C23H29ClFN5O3. The summed E-state index contributed by atoms with van der Waals surface area (Å²) in [6.07, 6.45) is 2.22. The van der Waals surface area contributed by atoms with Crippen LogP contribution in [0.1, 0.15) is 62.0 Å². The summed E-state index contributed by atoms with van der Waals surface area (Å²) < 4.78 is 20.4. The van der Waals surface area contributed by atoms with Crippen molar-refractivity contribution in [2.24, 2.45) is 12.5 Å². The van der Waals surface area contributed by atoms with Crippen LogP contribution in [-0.2, 0) is 11.8 Å². The van der Waals surface area contributed by atoms with Crippen molar-refractivity contribution in [1.82, 2.24) is 14.7 Å². The molecule has 1 aliphatic carbocycles. The molecule has 4 rings (SSSR count). The van der Waals surface area contributed by atoms with E-state index in [2.05, 4.69) is 10.4 Å². The number of hydrogen-bond acceptors (Lipinski definition) is 5. The highest BCUT2D eigenvalue weighted by Crippen LogP contribution is 2.56. The molecule has 178 valence electrons. The van der Waals surface area contributed by atoms with Gasteiger partial charge in [-0.2, -0.15) is 5.10 Å². The number of nitrogens with zero attached hydrogens (tertiary/aromatic N) is 3. The summed E-state index contributed by atoms with van der Waals surface area (Å²) in [5, 5.41) is 7.18. The van der Waals surface area contributed by atoms with Crippen LogP contribution >= 0.6 is 11.6 Å². The fraction of sp³-hybridized carbons (Fsp3) is 0.522. The van der Waals surface area contributed by atoms with Crippen molar-refractivity contribution in [3.05, 3.63) is 40.3 Å². The highest BCUT2D eigenvalue weighted by atomic mass is 35.5. The van der Waals surface area contributed by atoms with Crippen LogP contribution < -0.4 is 11.1 Å². The van der Waals surface area contributed by atoms with E-state index in [1.807, 2.05) is 20.8 Å². The number of nitrogen functional groups attached to an aromatic ring is 1. The maximum atomic E-state index is 13.4. The zero-order valence-corrected chi connectivity index (χ0v) is 20.0. The van der Waals surface area contributed by atoms with Gasteiger partial charge in [0.05, 0.1) is 10.7 Å². The maximum absolute atomic E-state index is 13.4. The molecular weight excluding hydrogens is 449 g/mol. The Morgan fingerprint density at radius 2 is 2.03 bits per heavy atom. The second-order valence-corrected chi connectivity index (χ2v) is 10.5. The number of hydrogen-bond donors (Lipinski definition) is 2. The Bertz CT molecular complexity index is 1100. The summed E-state index contributed by atoms with van der Waals surface area (Å²) in [5.41, 5.74) is 6.98. The molecule has 1 aromatic heterocycles. The summed E-state index contributed by atoms with van der Waals surface area (Å²) in [5.74, 6) is -0.655. The standard InChI is InChI=1S/C23H29ClFN5O3/c1-22(2,3)33-21(32)30-8-7-23(12-30)10-13(11-23)18-17(19(26)29(4)28-18)20(31)27-14-5-6-16(25)15(24)9-14/h5-6,9,13H,7-8,10-12,26H2,1-4H3,(H,27,31). The number of benzene rings is 1. The molecule has 0 atom stereocenters. The summed E-state index contributed by atoms with van der Waals surface area (Å²) in [4.78, 5) is 27.2. The van der Waals surface area contributed by atoms with Crippen LogP contribution in [0.15, 0.2) is 18.2 Å². The molecule has 33 heavy (non-hydrogen) atoms. The zero-order chi connectivity index (χ0) is 24.1. The van der Waals surface area contributed by atoms with E-state index >= 15 is 0 Å². The highest BCUT2D eigenvalue weighted by Gasteiger charge is 2.52. The molecule has 2 amide bonds. The smallest absolute Gasteiger partial charge is 0.410 e. The molecule has 0 bridgehead atoms. The molecule has 2 aromatic rings. The minimum absolute atomic E-state index is 0.00603. The summed E-state index contributed by atoms with van der Waals surface area (Å²) in [6.45, 7) is 6.86. The van der Waals surface area contributed by atoms with Crippen LogP contribution in [0.25, 0.3) is 0 Å². The Morgan fingerprint density at radius 3 is 2.67 bits per heavy atom. The lowest BCUT2D eigenvalue weighted by Gasteiger charge is -2.44. The molecule has 1 aromatic carbocycles. The van der Waals surface area contributed by atoms with E-state index < -0.39 is 17.3 Å². The van der Waals surface area contributed by atoms with E-state index in [9.17, 15) is 14.0 Å². The van der Waals surface area contributed by atoms with Crippen LogP contribution in [0, 0.1) is 11.2 Å². The van der Waals surface area contributed by atoms with Crippen molar-refractivity contribution in [3.8, 4) is 0 Å². The SMILES string of the molecule is Cn1nc(C2CC3(CCN(C(=O)OC(C)(C)C)C3)C2)c(C(=O)Nc2ccc(F)c(Cl)c2)c1N. The van der Waals surface area contributed by atoms with Crippen LogP contribution in [0.3, 0.4) is 0 Å². The van der Waals surface area contributed by atoms with Gasteiger partial charge in [0.2, 0.25) is 0 Å². The zero-order valence-electron chi connectivity index (χ0n) is 19.2. The number of likely N-dealkylation sites (tertiary alicyclic amines) is 1. The van der Waals surface area contributed by atoms with E-state index in [4.69, 9.17) is 22.1 Å². The van der Waals surface area contributed by atoms with Gasteiger partial charge in [-0.3, -0.25) is 9.48 Å². The molecule has 0 unspecified atom stereocenters. The van der Waals surface area contributed by atoms with Gasteiger partial charge in [-0.1, -0.05) is 11.6 Å². The first-order valence-electron chi connectivity index (χ1n) is 10.9. The van der Waals surface area contributed by atoms with E-state index in [0.29, 0.717) is 30.0 Å². The van der Waals surface area contributed by atoms with E-state index in [-0.39, 0.29) is 28.3 Å². The molecule has 2 aliphatic rings. The fourth-order valence-corrected chi connectivity index (χ4v) is 4.95. The lowest BCUT2D eigenvalue weighted by Crippen LogP contribution is -2.41. The third-order valence-corrected chi connectivity index (χ3v) is 6.65. The van der Waals surface area contributed by atoms with Gasteiger partial charge < -0.3 is 20.7 Å². The van der Waals surface area contributed by atoms with Gasteiger partial charge in [-0.25, -0.2) is 9.18 Å². The van der Waals surface area contributed by atoms with Gasteiger partial charge >= 0.3 is 6.09 Å². The Hall–Kier alpha value is -2.81. The summed E-state index contributed by atoms with van der Waals surface area (Å²) in [7, 11) is 1.69. The van der Waals surface area contributed by atoms with Gasteiger partial charge in [0.15, 0.2) is 0 Å². The second-order valence-electron chi connectivity index (χ2n) is 10.1. The van der Waals surface area contributed by atoms with Gasteiger partial charge in [0.1, 0.15) is 22.8 Å². The maximum Gasteiger partial charge on any atom is 0.410 e. The van der Waals surface area contributed by atoms with Crippen LogP contribution in [0.4, 0.5) is 20.7 Å². The van der Waals surface area contributed by atoms with E-state index in [1.165, 1.54) is 22.9 Å². The number of nitrogens with one attached hydrogen (secondary N) is 1. The number of aryl methyl sites for hydroxylation is 1. The topological polar surface area (TPSA) is 102 Å². The molecule has 1 spiro atoms. The molecule has 0 radical (unpaired) electrons. The third-order valence-electron chi connectivity index (χ3n) is 6.36. The minimum atomic E-state index is -0.562. The molecule has 1 saturated heterocycles. The highest BCUT2D eigenvalue weighted by molar-refractivity contribution is 6.31. The molecule has 8 nitrogen and oxygen atoms in total. The van der Waals surface area contributed by atoms with Crippen LogP contribution in [-0.4, -0.2) is 45.4 Å². The molecule has 1 aliphatic heterocycles. The number of aromatic nitrogens is 2. The summed E-state index contributed by atoms with van der Waals surface area (Å²) in [6, 6.07) is 3.98. The molecule has 10 heteroatoms. The van der Waals surface area contributed by atoms with Crippen molar-refractivity contribution in [2.75, 3.05) is 24.1 Å². The predicted molar refractivity (Wildman–Crippen MR) is 124 cm³/mol. The Morgan fingerprint density at radius 1 is 1.33 bits per heavy atom. The number of amides is 2. The van der Waals surface area contributed by atoms with Gasteiger partial charge in [0, 0.05) is 31.7 Å². The Balaban J connectivity index is 1.46. The first-order chi connectivity index (χ1) is 15.4. The van der Waals surface area contributed by atoms with Gasteiger partial charge in [-0.15, -0.1) is 0 Å². The Labute approximate surface area is 197 Å². The average Bonchev–Trinajstić information content (AvgIpc) is 3.25. The quantitative estimate of drug-likeness (QED) is 0.675. The van der Waals surface area contributed by atoms with Gasteiger partial charge in [-0.05, 0) is 63.6 Å². The number of carbonyl (C=O) groups excluding carboxylic acids is 2. The van der Waals surface area contributed by atoms with Crippen molar-refractivity contribution in [3.63, 3.8) is 0 Å². The van der Waals surface area contributed by atoms with Crippen LogP contribution in [0.2, 0.25) is 5.02 Å². The number of rotatable bonds is 3. The van der Waals surface area contributed by atoms with Crippen molar-refractivity contribution >= 4 is 35.1 Å². The van der Waals surface area contributed by atoms with Crippen molar-refractivity contribution < 1.29 is 18.7 Å². The number of ether oxygens (including phenoxy) is 1. The number of anilines is 2. The third kappa shape index (κ3) is 4.64. The number of halogens is 2. The van der Waals surface area contributed by atoms with Crippen LogP contribution in [0.5, 0.6) is 0 Å². The largest absolute Gasteiger partial charge is 0.444 e. The Kier molecular flexibility index (Phi) is 5.80. The molecule has 2 fully saturated rings. The lowest BCUT2D eigenvalue weighted by molar-refractivity contribution is 0.0229. The van der Waals surface area contributed by atoms with E-state index in [0.717, 1.165) is 19.3 Å². The molecule has 3 N–H and O–H groups in total. The first kappa shape index (κ1) is 23.4.